The number of nitrogens with zero attached hydrogens (tertiary/aromatic N) is 2. The summed E-state index contributed by atoms with van der Waals surface area (Å²) in [6, 6.07) is 0.324. The van der Waals surface area contributed by atoms with Crippen molar-refractivity contribution in [1.29, 1.82) is 0 Å². The number of anilines is 1. The van der Waals surface area contributed by atoms with Crippen LogP contribution in [0, 0.1) is 5.92 Å². The molecule has 90 valence electrons. The molecule has 0 bridgehead atoms. The molecule has 0 amide bonds. The Labute approximate surface area is 97.2 Å². The monoisotopic (exact) mass is 222 g/mol. The Morgan fingerprint density at radius 3 is 2.75 bits per heavy atom. The van der Waals surface area contributed by atoms with Gasteiger partial charge in [-0.3, -0.25) is 0 Å². The van der Waals surface area contributed by atoms with E-state index in [1.54, 1.807) is 0 Å². The van der Waals surface area contributed by atoms with E-state index in [1.165, 1.54) is 18.5 Å². The topological polar surface area (TPSA) is 57.9 Å². The third kappa shape index (κ3) is 2.38. The molecule has 1 aliphatic heterocycles. The number of H-pyrrole nitrogens is 1. The van der Waals surface area contributed by atoms with Gasteiger partial charge in [-0.05, 0) is 32.1 Å². The molecule has 0 aromatic carbocycles. The molecular weight excluding hydrogens is 200 g/mol. The van der Waals surface area contributed by atoms with E-state index in [2.05, 4.69) is 28.7 Å². The van der Waals surface area contributed by atoms with E-state index < -0.39 is 0 Å². The first-order valence-corrected chi connectivity index (χ1v) is 6.25. The van der Waals surface area contributed by atoms with Crippen LogP contribution in [-0.4, -0.2) is 29.1 Å². The minimum atomic E-state index is 0.324. The van der Waals surface area contributed by atoms with Crippen molar-refractivity contribution >= 4 is 5.95 Å². The summed E-state index contributed by atoms with van der Waals surface area (Å²) in [4.78, 5) is 10.1. The van der Waals surface area contributed by atoms with Crippen molar-refractivity contribution < 1.29 is 0 Å². The van der Waals surface area contributed by atoms with Crippen molar-refractivity contribution in [3.05, 3.63) is 11.9 Å². The minimum Gasteiger partial charge on any atom is -0.342 e. The largest absolute Gasteiger partial charge is 0.342 e. The summed E-state index contributed by atoms with van der Waals surface area (Å²) >= 11 is 0. The van der Waals surface area contributed by atoms with Crippen molar-refractivity contribution in [3.63, 3.8) is 0 Å². The first-order chi connectivity index (χ1) is 7.70. The molecule has 2 rings (SSSR count). The smallest absolute Gasteiger partial charge is 0.202 e. The predicted molar refractivity (Wildman–Crippen MR) is 66.6 cm³/mol. The zero-order valence-electron chi connectivity index (χ0n) is 10.2. The third-order valence-corrected chi connectivity index (χ3v) is 3.58. The first-order valence-electron chi connectivity index (χ1n) is 6.25. The number of aromatic nitrogens is 2. The maximum Gasteiger partial charge on any atom is 0.202 e. The van der Waals surface area contributed by atoms with E-state index in [4.69, 9.17) is 5.73 Å². The SMILES string of the molecule is CCc1cnc(N2CCC(C(C)N)CC2)[nH]1. The highest BCUT2D eigenvalue weighted by atomic mass is 15.3. The Morgan fingerprint density at radius 1 is 1.56 bits per heavy atom. The van der Waals surface area contributed by atoms with E-state index in [9.17, 15) is 0 Å². The number of aryl methyl sites for hydroxylation is 1. The molecule has 16 heavy (non-hydrogen) atoms. The second kappa shape index (κ2) is 4.87. The van der Waals surface area contributed by atoms with Gasteiger partial charge in [0.25, 0.3) is 0 Å². The number of aromatic amines is 1. The number of hydrogen-bond acceptors (Lipinski definition) is 3. The highest BCUT2D eigenvalue weighted by Gasteiger charge is 2.23. The molecule has 1 atom stereocenters. The normalized spacial score (nSPS) is 20.1. The predicted octanol–water partition coefficient (Wildman–Crippen LogP) is 1.54. The summed E-state index contributed by atoms with van der Waals surface area (Å²) in [6.07, 6.45) is 5.32. The van der Waals surface area contributed by atoms with Gasteiger partial charge in [-0.25, -0.2) is 4.98 Å². The van der Waals surface area contributed by atoms with Crippen LogP contribution in [0.1, 0.15) is 32.4 Å². The van der Waals surface area contributed by atoms with Gasteiger partial charge in [0.05, 0.1) is 6.20 Å². The lowest BCUT2D eigenvalue weighted by Gasteiger charge is -2.33. The number of hydrogen-bond donors (Lipinski definition) is 2. The maximum absolute atomic E-state index is 5.93. The molecule has 1 saturated heterocycles. The van der Waals surface area contributed by atoms with E-state index in [0.717, 1.165) is 25.5 Å². The van der Waals surface area contributed by atoms with E-state index in [1.807, 2.05) is 6.20 Å². The van der Waals surface area contributed by atoms with Gasteiger partial charge in [-0.1, -0.05) is 6.92 Å². The molecule has 0 aliphatic carbocycles. The standard InChI is InChI=1S/C12H22N4/c1-3-11-8-14-12(15-11)16-6-4-10(5-7-16)9(2)13/h8-10H,3-7,13H2,1-2H3,(H,14,15). The van der Waals surface area contributed by atoms with Gasteiger partial charge in [-0.2, -0.15) is 0 Å². The number of rotatable bonds is 3. The van der Waals surface area contributed by atoms with Gasteiger partial charge in [0.15, 0.2) is 0 Å². The molecule has 1 aromatic rings. The molecular formula is C12H22N4. The molecule has 1 unspecified atom stereocenters. The van der Waals surface area contributed by atoms with Crippen LogP contribution in [0.15, 0.2) is 6.20 Å². The van der Waals surface area contributed by atoms with Crippen molar-refractivity contribution in [1.82, 2.24) is 9.97 Å². The number of nitrogens with two attached hydrogens (primary N) is 1. The van der Waals surface area contributed by atoms with Crippen LogP contribution in [0.3, 0.4) is 0 Å². The van der Waals surface area contributed by atoms with E-state index in [-0.39, 0.29) is 0 Å². The van der Waals surface area contributed by atoms with Crippen LogP contribution in [0.2, 0.25) is 0 Å². The number of piperidine rings is 1. The average molecular weight is 222 g/mol. The van der Waals surface area contributed by atoms with Gasteiger partial charge < -0.3 is 15.6 Å². The first kappa shape index (κ1) is 11.5. The molecule has 4 heteroatoms. The lowest BCUT2D eigenvalue weighted by molar-refractivity contribution is 0.352. The van der Waals surface area contributed by atoms with Gasteiger partial charge in [0.1, 0.15) is 0 Å². The van der Waals surface area contributed by atoms with Gasteiger partial charge in [0, 0.05) is 24.8 Å². The number of nitrogens with one attached hydrogen (secondary N) is 1. The molecule has 1 aliphatic rings. The highest BCUT2D eigenvalue weighted by Crippen LogP contribution is 2.22. The quantitative estimate of drug-likeness (QED) is 0.815. The zero-order valence-corrected chi connectivity index (χ0v) is 10.2. The summed E-state index contributed by atoms with van der Waals surface area (Å²) in [5, 5.41) is 0. The van der Waals surface area contributed by atoms with E-state index >= 15 is 0 Å². The Hall–Kier alpha value is -1.03. The van der Waals surface area contributed by atoms with Crippen LogP contribution in [0.25, 0.3) is 0 Å². The Morgan fingerprint density at radius 2 is 2.25 bits per heavy atom. The summed E-state index contributed by atoms with van der Waals surface area (Å²) in [6.45, 7) is 6.40. The van der Waals surface area contributed by atoms with E-state index in [0.29, 0.717) is 12.0 Å². The molecule has 3 N–H and O–H groups in total. The van der Waals surface area contributed by atoms with Gasteiger partial charge >= 0.3 is 0 Å². The highest BCUT2D eigenvalue weighted by molar-refractivity contribution is 5.31. The minimum absolute atomic E-state index is 0.324. The average Bonchev–Trinajstić information content (AvgIpc) is 2.77. The molecule has 0 saturated carbocycles. The van der Waals surface area contributed by atoms with Crippen LogP contribution in [-0.2, 0) is 6.42 Å². The summed E-state index contributed by atoms with van der Waals surface area (Å²) in [5.74, 6) is 1.71. The fraction of sp³-hybridized carbons (Fsp3) is 0.750. The molecule has 4 nitrogen and oxygen atoms in total. The van der Waals surface area contributed by atoms with Crippen molar-refractivity contribution in [2.24, 2.45) is 11.7 Å². The summed E-state index contributed by atoms with van der Waals surface area (Å²) in [7, 11) is 0. The lowest BCUT2D eigenvalue weighted by Crippen LogP contribution is -2.40. The Kier molecular flexibility index (Phi) is 3.49. The van der Waals surface area contributed by atoms with Crippen molar-refractivity contribution in [2.75, 3.05) is 18.0 Å². The number of imidazole rings is 1. The molecule has 0 spiro atoms. The second-order valence-corrected chi connectivity index (χ2v) is 4.77. The zero-order chi connectivity index (χ0) is 11.5. The summed E-state index contributed by atoms with van der Waals surface area (Å²) < 4.78 is 0. The van der Waals surface area contributed by atoms with Crippen LogP contribution in [0.5, 0.6) is 0 Å². The molecule has 1 aromatic heterocycles. The lowest BCUT2D eigenvalue weighted by atomic mass is 9.91. The van der Waals surface area contributed by atoms with Gasteiger partial charge in [-0.15, -0.1) is 0 Å². The van der Waals surface area contributed by atoms with Crippen LogP contribution in [0.4, 0.5) is 5.95 Å². The fourth-order valence-corrected chi connectivity index (χ4v) is 2.32. The fourth-order valence-electron chi connectivity index (χ4n) is 2.32. The van der Waals surface area contributed by atoms with Crippen LogP contribution < -0.4 is 10.6 Å². The van der Waals surface area contributed by atoms with Gasteiger partial charge in [0.2, 0.25) is 5.95 Å². The third-order valence-electron chi connectivity index (χ3n) is 3.58. The molecule has 0 radical (unpaired) electrons. The van der Waals surface area contributed by atoms with Crippen molar-refractivity contribution in [2.45, 2.75) is 39.2 Å². The Bertz CT molecular complexity index is 324. The molecule has 1 fully saturated rings. The molecule has 2 heterocycles. The Balaban J connectivity index is 1.93. The van der Waals surface area contributed by atoms with Crippen molar-refractivity contribution in [3.8, 4) is 0 Å². The van der Waals surface area contributed by atoms with Crippen LogP contribution >= 0.6 is 0 Å². The second-order valence-electron chi connectivity index (χ2n) is 4.77. The maximum atomic E-state index is 5.93. The summed E-state index contributed by atoms with van der Waals surface area (Å²) in [5.41, 5.74) is 7.15.